The monoisotopic (exact) mass is 483 g/mol. The zero-order chi connectivity index (χ0) is 23.1. The minimum Gasteiger partial charge on any atom is -0.369 e. The normalized spacial score (nSPS) is 34.5. The quantitative estimate of drug-likeness (QED) is 0.647. The Bertz CT molecular complexity index is 1090. The molecule has 0 aliphatic heterocycles. The lowest BCUT2D eigenvalue weighted by Crippen LogP contribution is -2.64. The number of nitrogens with zero attached hydrogens (tertiary/aromatic N) is 1. The lowest BCUT2D eigenvalue weighted by Gasteiger charge is -2.59. The fourth-order valence-corrected chi connectivity index (χ4v) is 8.44. The minimum atomic E-state index is -4.23. The lowest BCUT2D eigenvalue weighted by atomic mass is 9.47. The SMILES string of the molecule is CN(C1(C(=O)NC2C3CC4CC2CC(C(N)=O)(C4)C3)CC1)S(=O)(=O)c1ccc(Cl)cc1F. The molecule has 0 heterocycles. The number of rotatable bonds is 6. The third-order valence-electron chi connectivity index (χ3n) is 8.38. The number of hydrogen-bond acceptors (Lipinski definition) is 4. The maximum atomic E-state index is 14.4. The van der Waals surface area contributed by atoms with Gasteiger partial charge in [0.05, 0.1) is 0 Å². The van der Waals surface area contributed by atoms with Gasteiger partial charge >= 0.3 is 0 Å². The van der Waals surface area contributed by atoms with Gasteiger partial charge in [-0.05, 0) is 80.9 Å². The maximum Gasteiger partial charge on any atom is 0.246 e. The molecule has 174 valence electrons. The molecule has 0 saturated heterocycles. The molecular weight excluding hydrogens is 457 g/mol. The van der Waals surface area contributed by atoms with Crippen LogP contribution in [0.1, 0.15) is 44.9 Å². The molecule has 32 heavy (non-hydrogen) atoms. The Morgan fingerprint density at radius 1 is 1.19 bits per heavy atom. The number of hydrogen-bond donors (Lipinski definition) is 2. The van der Waals surface area contributed by atoms with Gasteiger partial charge in [0.15, 0.2) is 0 Å². The Morgan fingerprint density at radius 3 is 2.34 bits per heavy atom. The number of carbonyl (C=O) groups is 2. The summed E-state index contributed by atoms with van der Waals surface area (Å²) in [5.41, 5.74) is 4.06. The fourth-order valence-electron chi connectivity index (χ4n) is 6.71. The molecule has 7 nitrogen and oxygen atoms in total. The third-order valence-corrected chi connectivity index (χ3v) is 10.6. The van der Waals surface area contributed by atoms with Gasteiger partial charge in [0, 0.05) is 23.5 Å². The predicted molar refractivity (Wildman–Crippen MR) is 115 cm³/mol. The molecule has 5 saturated carbocycles. The Morgan fingerprint density at radius 2 is 1.81 bits per heavy atom. The first-order valence-corrected chi connectivity index (χ1v) is 12.9. The Kier molecular flexibility index (Phi) is 4.93. The predicted octanol–water partition coefficient (Wildman–Crippen LogP) is 2.43. The van der Waals surface area contributed by atoms with E-state index < -0.39 is 31.7 Å². The second-order valence-electron chi connectivity index (χ2n) is 10.2. The summed E-state index contributed by atoms with van der Waals surface area (Å²) in [6, 6.07) is 3.30. The summed E-state index contributed by atoms with van der Waals surface area (Å²) >= 11 is 5.76. The first-order chi connectivity index (χ1) is 15.0. The molecular formula is C22H27ClFN3O4S. The second kappa shape index (κ2) is 7.14. The molecule has 6 rings (SSSR count). The summed E-state index contributed by atoms with van der Waals surface area (Å²) in [6.45, 7) is 0. The molecule has 0 radical (unpaired) electrons. The number of primary amides is 1. The summed E-state index contributed by atoms with van der Waals surface area (Å²) < 4.78 is 41.6. The van der Waals surface area contributed by atoms with Gasteiger partial charge in [-0.3, -0.25) is 9.59 Å². The van der Waals surface area contributed by atoms with Gasteiger partial charge in [0.2, 0.25) is 21.8 Å². The van der Waals surface area contributed by atoms with Crippen LogP contribution < -0.4 is 11.1 Å². The summed E-state index contributed by atoms with van der Waals surface area (Å²) in [6.07, 6.45) is 4.85. The fraction of sp³-hybridized carbons (Fsp3) is 0.636. The number of carbonyl (C=O) groups excluding carboxylic acids is 2. The molecule has 4 bridgehead atoms. The molecule has 1 aromatic carbocycles. The van der Waals surface area contributed by atoms with Crippen molar-refractivity contribution in [3.8, 4) is 0 Å². The Balaban J connectivity index is 1.36. The summed E-state index contributed by atoms with van der Waals surface area (Å²) in [5, 5.41) is 3.23. The zero-order valence-corrected chi connectivity index (χ0v) is 19.4. The molecule has 2 unspecified atom stereocenters. The van der Waals surface area contributed by atoms with Crippen molar-refractivity contribution in [3.63, 3.8) is 0 Å². The summed E-state index contributed by atoms with van der Waals surface area (Å²) in [5.74, 6) is -0.731. The average molecular weight is 484 g/mol. The maximum absolute atomic E-state index is 14.4. The van der Waals surface area contributed by atoms with Gasteiger partial charge < -0.3 is 11.1 Å². The number of benzene rings is 1. The number of amides is 2. The van der Waals surface area contributed by atoms with Crippen LogP contribution in [0, 0.1) is 29.0 Å². The first kappa shape index (κ1) is 22.1. The van der Waals surface area contributed by atoms with Gasteiger partial charge in [-0.1, -0.05) is 11.6 Å². The van der Waals surface area contributed by atoms with Crippen LogP contribution >= 0.6 is 11.6 Å². The van der Waals surface area contributed by atoms with Crippen LogP contribution in [0.2, 0.25) is 5.02 Å². The van der Waals surface area contributed by atoms with Crippen molar-refractivity contribution < 1.29 is 22.4 Å². The van der Waals surface area contributed by atoms with Crippen LogP contribution in [0.15, 0.2) is 23.1 Å². The van der Waals surface area contributed by atoms with E-state index in [2.05, 4.69) is 5.32 Å². The molecule has 5 aliphatic carbocycles. The van der Waals surface area contributed by atoms with E-state index in [1.807, 2.05) is 0 Å². The van der Waals surface area contributed by atoms with Crippen LogP contribution in [0.25, 0.3) is 0 Å². The van der Waals surface area contributed by atoms with Crippen molar-refractivity contribution >= 4 is 33.4 Å². The number of halogens is 2. The van der Waals surface area contributed by atoms with Crippen molar-refractivity contribution in [2.45, 2.75) is 61.4 Å². The van der Waals surface area contributed by atoms with Crippen LogP contribution in [0.4, 0.5) is 4.39 Å². The largest absolute Gasteiger partial charge is 0.369 e. The lowest BCUT2D eigenvalue weighted by molar-refractivity contribution is -0.148. The number of likely N-dealkylation sites (N-methyl/N-ethyl adjacent to an activating group) is 1. The molecule has 0 aromatic heterocycles. The smallest absolute Gasteiger partial charge is 0.246 e. The van der Waals surface area contributed by atoms with E-state index in [1.54, 1.807) is 0 Å². The van der Waals surface area contributed by atoms with Crippen LogP contribution in [0.5, 0.6) is 0 Å². The van der Waals surface area contributed by atoms with Crippen molar-refractivity contribution in [1.82, 2.24) is 9.62 Å². The number of nitrogens with two attached hydrogens (primary N) is 1. The van der Waals surface area contributed by atoms with E-state index in [9.17, 15) is 22.4 Å². The highest BCUT2D eigenvalue weighted by Crippen LogP contribution is 2.60. The second-order valence-corrected chi connectivity index (χ2v) is 12.6. The highest BCUT2D eigenvalue weighted by atomic mass is 35.5. The highest BCUT2D eigenvalue weighted by molar-refractivity contribution is 7.89. The van der Waals surface area contributed by atoms with Gasteiger partial charge in [-0.25, -0.2) is 12.8 Å². The molecule has 5 aliphatic rings. The summed E-state index contributed by atoms with van der Waals surface area (Å²) in [7, 11) is -2.90. The molecule has 1 aromatic rings. The van der Waals surface area contributed by atoms with Gasteiger partial charge in [0.25, 0.3) is 0 Å². The molecule has 5 fully saturated rings. The third kappa shape index (κ3) is 3.19. The van der Waals surface area contributed by atoms with E-state index >= 15 is 0 Å². The van der Waals surface area contributed by atoms with Crippen molar-refractivity contribution in [3.05, 3.63) is 29.0 Å². The van der Waals surface area contributed by atoms with Gasteiger partial charge in [-0.2, -0.15) is 4.31 Å². The Labute approximate surface area is 191 Å². The van der Waals surface area contributed by atoms with Crippen LogP contribution in [-0.2, 0) is 19.6 Å². The van der Waals surface area contributed by atoms with E-state index in [-0.39, 0.29) is 34.7 Å². The molecule has 2 amide bonds. The minimum absolute atomic E-state index is 0.0904. The van der Waals surface area contributed by atoms with E-state index in [4.69, 9.17) is 17.3 Å². The van der Waals surface area contributed by atoms with Crippen LogP contribution in [-0.4, -0.2) is 43.2 Å². The average Bonchev–Trinajstić information content (AvgIpc) is 3.51. The number of sulfonamides is 1. The zero-order valence-electron chi connectivity index (χ0n) is 17.8. The van der Waals surface area contributed by atoms with Crippen molar-refractivity contribution in [2.24, 2.45) is 28.9 Å². The number of nitrogens with one attached hydrogen (secondary N) is 1. The van der Waals surface area contributed by atoms with E-state index in [0.29, 0.717) is 31.6 Å². The molecule has 10 heteroatoms. The summed E-state index contributed by atoms with van der Waals surface area (Å²) in [4.78, 5) is 25.0. The van der Waals surface area contributed by atoms with Gasteiger partial charge in [0.1, 0.15) is 16.3 Å². The standard InChI is InChI=1S/C22H27ClFN3O4S/c1-27(32(30,31)17-3-2-15(23)8-16(17)24)22(4-5-22)20(29)26-18-13-6-12-7-14(18)11-21(9-12,10-13)19(25)28/h2-3,8,12-14,18H,4-7,9-11H2,1H3,(H2,25,28)(H,26,29). The van der Waals surface area contributed by atoms with Crippen molar-refractivity contribution in [2.75, 3.05) is 7.05 Å². The Hall–Kier alpha value is -1.71. The molecule has 2 atom stereocenters. The molecule has 0 spiro atoms. The van der Waals surface area contributed by atoms with E-state index in [1.165, 1.54) is 13.1 Å². The highest BCUT2D eigenvalue weighted by Gasteiger charge is 2.61. The van der Waals surface area contributed by atoms with E-state index in [0.717, 1.165) is 35.7 Å². The topological polar surface area (TPSA) is 110 Å². The van der Waals surface area contributed by atoms with Crippen molar-refractivity contribution in [1.29, 1.82) is 0 Å². The van der Waals surface area contributed by atoms with Gasteiger partial charge in [-0.15, -0.1) is 0 Å². The first-order valence-electron chi connectivity index (χ1n) is 11.0. The molecule has 3 N–H and O–H groups in total. The van der Waals surface area contributed by atoms with Crippen LogP contribution in [0.3, 0.4) is 0 Å².